The van der Waals surface area contributed by atoms with Gasteiger partial charge in [-0.3, -0.25) is 9.48 Å². The summed E-state index contributed by atoms with van der Waals surface area (Å²) >= 11 is 6.16. The maximum atomic E-state index is 13.3. The number of nitrogens with one attached hydrogen (secondary N) is 1. The lowest BCUT2D eigenvalue weighted by atomic mass is 10.2. The van der Waals surface area contributed by atoms with Gasteiger partial charge in [-0.2, -0.15) is 5.10 Å². The Morgan fingerprint density at radius 2 is 2.04 bits per heavy atom. The number of hydrogen-bond donors (Lipinski definition) is 1. The molecule has 27 heavy (non-hydrogen) atoms. The number of amides is 1. The molecule has 0 saturated heterocycles. The third-order valence-corrected chi connectivity index (χ3v) is 4.20. The summed E-state index contributed by atoms with van der Waals surface area (Å²) < 4.78 is 16.3. The molecule has 0 aliphatic carbocycles. The molecule has 0 aliphatic rings. The van der Waals surface area contributed by atoms with Gasteiger partial charge >= 0.3 is 0 Å². The zero-order valence-corrected chi connectivity index (χ0v) is 14.8. The molecule has 0 bridgehead atoms. The minimum atomic E-state index is -0.330. The van der Waals surface area contributed by atoms with E-state index in [4.69, 9.17) is 11.6 Å². The second-order valence-corrected chi connectivity index (χ2v) is 6.34. The number of benzene rings is 2. The van der Waals surface area contributed by atoms with Gasteiger partial charge in [0.05, 0.1) is 12.1 Å². The van der Waals surface area contributed by atoms with Gasteiger partial charge in [-0.15, -0.1) is 5.10 Å². The van der Waals surface area contributed by atoms with Gasteiger partial charge in [0.1, 0.15) is 22.9 Å². The van der Waals surface area contributed by atoms with E-state index >= 15 is 0 Å². The zero-order valence-electron chi connectivity index (χ0n) is 14.0. The number of aromatic nitrogens is 5. The molecule has 4 aromatic rings. The van der Waals surface area contributed by atoms with Crippen molar-refractivity contribution in [3.05, 3.63) is 71.1 Å². The summed E-state index contributed by atoms with van der Waals surface area (Å²) in [4.78, 5) is 12.3. The van der Waals surface area contributed by atoms with Gasteiger partial charge in [-0.1, -0.05) is 41.1 Å². The van der Waals surface area contributed by atoms with E-state index in [9.17, 15) is 9.18 Å². The van der Waals surface area contributed by atoms with Gasteiger partial charge in [0, 0.05) is 6.20 Å². The van der Waals surface area contributed by atoms with Crippen LogP contribution >= 0.6 is 11.6 Å². The Bertz CT molecular complexity index is 1120. The van der Waals surface area contributed by atoms with Crippen LogP contribution < -0.4 is 5.32 Å². The van der Waals surface area contributed by atoms with E-state index in [1.54, 1.807) is 18.3 Å². The average Bonchev–Trinajstić information content (AvgIpc) is 3.19. The Labute approximate surface area is 158 Å². The first-order chi connectivity index (χ1) is 13.1. The number of carbonyl (C=O) groups excluding carboxylic acids is 1. The summed E-state index contributed by atoms with van der Waals surface area (Å²) in [6, 6.07) is 13.6. The van der Waals surface area contributed by atoms with Crippen molar-refractivity contribution in [3.63, 3.8) is 0 Å². The first kappa shape index (κ1) is 17.2. The number of hydrogen-bond acceptors (Lipinski definition) is 4. The smallest absolute Gasteiger partial charge is 0.247 e. The topological polar surface area (TPSA) is 77.6 Å². The van der Waals surface area contributed by atoms with Crippen LogP contribution in [-0.2, 0) is 17.9 Å². The maximum Gasteiger partial charge on any atom is 0.247 e. The number of nitrogens with zero attached hydrogens (tertiary/aromatic N) is 5. The molecule has 0 aliphatic heterocycles. The fraction of sp³-hybridized carbons (Fsp3) is 0.111. The molecule has 0 unspecified atom stereocenters. The van der Waals surface area contributed by atoms with Crippen LogP contribution in [0.15, 0.2) is 54.7 Å². The number of para-hydroxylation sites is 1. The third kappa shape index (κ3) is 3.80. The molecule has 0 fully saturated rings. The summed E-state index contributed by atoms with van der Waals surface area (Å²) in [5.41, 5.74) is 2.21. The molecule has 1 amide bonds. The number of rotatable bonds is 5. The second-order valence-electron chi connectivity index (χ2n) is 5.94. The van der Waals surface area contributed by atoms with Gasteiger partial charge in [-0.25, -0.2) is 9.07 Å². The minimum Gasteiger partial charge on any atom is -0.306 e. The van der Waals surface area contributed by atoms with Gasteiger partial charge in [0.15, 0.2) is 5.82 Å². The normalized spacial score (nSPS) is 11.0. The van der Waals surface area contributed by atoms with E-state index in [-0.39, 0.29) is 24.1 Å². The van der Waals surface area contributed by atoms with Crippen molar-refractivity contribution < 1.29 is 9.18 Å². The third-order valence-electron chi connectivity index (χ3n) is 3.92. The van der Waals surface area contributed by atoms with Crippen molar-refractivity contribution in [2.75, 3.05) is 5.32 Å². The molecule has 2 aromatic heterocycles. The molecule has 4 rings (SSSR count). The van der Waals surface area contributed by atoms with Crippen LogP contribution in [-0.4, -0.2) is 30.7 Å². The Kier molecular flexibility index (Phi) is 4.55. The lowest BCUT2D eigenvalue weighted by Crippen LogP contribution is -2.20. The molecule has 0 spiro atoms. The van der Waals surface area contributed by atoms with Crippen molar-refractivity contribution in [1.29, 1.82) is 0 Å². The molecular formula is C18H14ClFN6O. The minimum absolute atomic E-state index is 0.0202. The summed E-state index contributed by atoms with van der Waals surface area (Å²) in [6.07, 6.45) is 1.58. The fourth-order valence-electron chi connectivity index (χ4n) is 2.73. The SMILES string of the molecule is O=C(Cn1nnc2ccccc21)Nc1nn(Cc2cccc(F)c2)cc1Cl. The van der Waals surface area contributed by atoms with Crippen molar-refractivity contribution in [2.45, 2.75) is 13.1 Å². The Balaban J connectivity index is 1.46. The van der Waals surface area contributed by atoms with Crippen molar-refractivity contribution in [2.24, 2.45) is 0 Å². The molecule has 0 atom stereocenters. The highest BCUT2D eigenvalue weighted by atomic mass is 35.5. The predicted octanol–water partition coefficient (Wildman–Crippen LogP) is 3.11. The second kappa shape index (κ2) is 7.16. The number of fused-ring (bicyclic) bond motifs is 1. The molecule has 9 heteroatoms. The van der Waals surface area contributed by atoms with Gasteiger partial charge in [-0.05, 0) is 29.8 Å². The summed E-state index contributed by atoms with van der Waals surface area (Å²) in [7, 11) is 0. The maximum absolute atomic E-state index is 13.3. The van der Waals surface area contributed by atoms with Crippen molar-refractivity contribution in [3.8, 4) is 0 Å². The lowest BCUT2D eigenvalue weighted by molar-refractivity contribution is -0.116. The zero-order chi connectivity index (χ0) is 18.8. The van der Waals surface area contributed by atoms with E-state index in [1.807, 2.05) is 24.3 Å². The molecule has 0 radical (unpaired) electrons. The quantitative estimate of drug-likeness (QED) is 0.573. The highest BCUT2D eigenvalue weighted by Crippen LogP contribution is 2.20. The molecule has 0 saturated carbocycles. The van der Waals surface area contributed by atoms with Gasteiger partial charge in [0.25, 0.3) is 0 Å². The van der Waals surface area contributed by atoms with Crippen LogP contribution in [0.4, 0.5) is 10.2 Å². The first-order valence-corrected chi connectivity index (χ1v) is 8.52. The molecule has 2 aromatic carbocycles. The summed E-state index contributed by atoms with van der Waals surface area (Å²) in [5.74, 6) is -0.412. The van der Waals surface area contributed by atoms with Crippen molar-refractivity contribution in [1.82, 2.24) is 24.8 Å². The van der Waals surface area contributed by atoms with Crippen LogP contribution in [0, 0.1) is 5.82 Å². The molecule has 2 heterocycles. The largest absolute Gasteiger partial charge is 0.306 e. The van der Waals surface area contributed by atoms with Crippen LogP contribution in [0.25, 0.3) is 11.0 Å². The standard InChI is InChI=1S/C18H14ClFN6O/c19-14-10-25(9-12-4-3-5-13(20)8-12)23-18(14)21-17(27)11-26-16-7-2-1-6-15(16)22-24-26/h1-8,10H,9,11H2,(H,21,23,27). The number of anilines is 1. The van der Waals surface area contributed by atoms with E-state index < -0.39 is 0 Å². The van der Waals surface area contributed by atoms with E-state index in [0.29, 0.717) is 17.1 Å². The van der Waals surface area contributed by atoms with E-state index in [2.05, 4.69) is 20.7 Å². The van der Waals surface area contributed by atoms with Crippen LogP contribution in [0.3, 0.4) is 0 Å². The Hall–Kier alpha value is -3.26. The van der Waals surface area contributed by atoms with Crippen LogP contribution in [0.1, 0.15) is 5.56 Å². The molecule has 136 valence electrons. The van der Waals surface area contributed by atoms with Crippen molar-refractivity contribution >= 4 is 34.4 Å². The molecule has 1 N–H and O–H groups in total. The predicted molar refractivity (Wildman–Crippen MR) is 98.9 cm³/mol. The summed E-state index contributed by atoms with van der Waals surface area (Å²) in [6.45, 7) is 0.314. The molecular weight excluding hydrogens is 371 g/mol. The first-order valence-electron chi connectivity index (χ1n) is 8.14. The molecule has 7 nitrogen and oxygen atoms in total. The number of carbonyl (C=O) groups is 1. The fourth-order valence-corrected chi connectivity index (χ4v) is 2.92. The monoisotopic (exact) mass is 384 g/mol. The van der Waals surface area contributed by atoms with Gasteiger partial charge in [0.2, 0.25) is 5.91 Å². The Morgan fingerprint density at radius 1 is 1.19 bits per heavy atom. The Morgan fingerprint density at radius 3 is 2.89 bits per heavy atom. The van der Waals surface area contributed by atoms with E-state index in [1.165, 1.54) is 21.5 Å². The number of halogens is 2. The summed E-state index contributed by atoms with van der Waals surface area (Å²) in [5, 5.41) is 15.2. The highest BCUT2D eigenvalue weighted by Gasteiger charge is 2.13. The lowest BCUT2D eigenvalue weighted by Gasteiger charge is -2.04. The van der Waals surface area contributed by atoms with Gasteiger partial charge < -0.3 is 5.32 Å². The van der Waals surface area contributed by atoms with Crippen LogP contribution in [0.2, 0.25) is 5.02 Å². The average molecular weight is 385 g/mol. The highest BCUT2D eigenvalue weighted by molar-refractivity contribution is 6.33. The van der Waals surface area contributed by atoms with E-state index in [0.717, 1.165) is 11.1 Å². The van der Waals surface area contributed by atoms with Crippen LogP contribution in [0.5, 0.6) is 0 Å².